The molecule has 25 aromatic rings. The molecule has 0 bridgehead atoms. The van der Waals surface area contributed by atoms with E-state index in [4.69, 9.17) is 0 Å². The Morgan fingerprint density at radius 3 is 1.04 bits per heavy atom. The van der Waals surface area contributed by atoms with Crippen LogP contribution in [0.1, 0.15) is 104 Å². The van der Waals surface area contributed by atoms with Gasteiger partial charge in [0.25, 0.3) is 0 Å². The van der Waals surface area contributed by atoms with Crippen molar-refractivity contribution >= 4 is 142 Å². The number of nitrogens with zero attached hydrogens (tertiary/aromatic N) is 4. The molecule has 0 fully saturated rings. The topological polar surface area (TPSA) is 16.3 Å². The maximum absolute atomic E-state index is 2.59. The molecule has 23 aromatic carbocycles. The van der Waals surface area contributed by atoms with Crippen molar-refractivity contribution in [3.8, 4) is 89.3 Å². The lowest BCUT2D eigenvalue weighted by Crippen LogP contribution is -2.22. The monoisotopic (exact) mass is 1870 g/mol. The molecular weight excluding hydrogens is 1760 g/mol. The highest BCUT2D eigenvalue weighted by atomic mass is 15.2. The van der Waals surface area contributed by atoms with E-state index in [9.17, 15) is 0 Å². The van der Waals surface area contributed by atoms with Crippen LogP contribution in [0.4, 0.5) is 34.1 Å². The second-order valence-corrected chi connectivity index (χ2v) is 43.6. The maximum Gasteiger partial charge on any atom is 0.0782 e. The molecule has 25 rings (SSSR count). The number of benzene rings is 23. The lowest BCUT2D eigenvalue weighted by molar-refractivity contribution is 0.518. The van der Waals surface area contributed by atoms with Crippen LogP contribution in [0.5, 0.6) is 0 Å². The molecular formula is C142H114N4. The first kappa shape index (κ1) is 90.1. The Kier molecular flexibility index (Phi) is 22.1. The van der Waals surface area contributed by atoms with E-state index in [1.165, 1.54) is 153 Å². The smallest absolute Gasteiger partial charge is 0.0782 e. The summed E-state index contributed by atoms with van der Waals surface area (Å²) in [6.45, 7) is 26.1. The van der Waals surface area contributed by atoms with Gasteiger partial charge >= 0.3 is 0 Å². The molecule has 0 aliphatic heterocycles. The van der Waals surface area contributed by atoms with Crippen molar-refractivity contribution in [1.29, 1.82) is 0 Å². The lowest BCUT2D eigenvalue weighted by atomic mass is 9.75. The Bertz CT molecular complexity index is 9470. The normalized spacial score (nSPS) is 12.2. The number of rotatable bonds is 18. The molecule has 0 aliphatic carbocycles. The predicted molar refractivity (Wildman–Crippen MR) is 627 cm³/mol. The molecule has 146 heavy (non-hydrogen) atoms. The van der Waals surface area contributed by atoms with Gasteiger partial charge in [-0.1, -0.05) is 477 Å². The Morgan fingerprint density at radius 2 is 0.534 bits per heavy atom. The van der Waals surface area contributed by atoms with Gasteiger partial charge in [0.15, 0.2) is 0 Å². The van der Waals surface area contributed by atoms with Crippen molar-refractivity contribution in [1.82, 2.24) is 9.13 Å². The number of hydrogen-bond acceptors (Lipinski definition) is 2. The third-order valence-electron chi connectivity index (χ3n) is 30.8. The molecule has 4 heteroatoms. The summed E-state index contributed by atoms with van der Waals surface area (Å²) in [4.78, 5) is 5.15. The van der Waals surface area contributed by atoms with Crippen molar-refractivity contribution in [2.75, 3.05) is 9.80 Å². The van der Waals surface area contributed by atoms with Crippen LogP contribution in [0.15, 0.2) is 479 Å². The fraction of sp³-hybridized carbons (Fsp3) is 0.113. The van der Waals surface area contributed by atoms with Crippen LogP contribution in [-0.4, -0.2) is 9.13 Å². The van der Waals surface area contributed by atoms with E-state index in [0.29, 0.717) is 0 Å². The van der Waals surface area contributed by atoms with Crippen molar-refractivity contribution in [3.05, 3.63) is 507 Å². The molecule has 0 aliphatic rings. The van der Waals surface area contributed by atoms with E-state index in [2.05, 4.69) is 574 Å². The summed E-state index contributed by atoms with van der Waals surface area (Å²) in [6, 6.07) is 181. The van der Waals surface area contributed by atoms with E-state index in [0.717, 1.165) is 113 Å². The molecule has 0 radical (unpaired) electrons. The van der Waals surface area contributed by atoms with Gasteiger partial charge in [0, 0.05) is 66.4 Å². The van der Waals surface area contributed by atoms with Crippen LogP contribution in [0.2, 0.25) is 0 Å². The minimum absolute atomic E-state index is 0.0753. The van der Waals surface area contributed by atoms with Gasteiger partial charge in [0.05, 0.1) is 50.5 Å². The summed E-state index contributed by atoms with van der Waals surface area (Å²) < 4.78 is 5.04. The van der Waals surface area contributed by atoms with Gasteiger partial charge in [-0.2, -0.15) is 0 Å². The van der Waals surface area contributed by atoms with Gasteiger partial charge in [-0.25, -0.2) is 0 Å². The number of hydrogen-bond donors (Lipinski definition) is 0. The third-order valence-corrected chi connectivity index (χ3v) is 30.8. The number of aromatic nitrogens is 2. The van der Waals surface area contributed by atoms with Crippen molar-refractivity contribution < 1.29 is 0 Å². The van der Waals surface area contributed by atoms with Crippen molar-refractivity contribution in [2.45, 2.75) is 104 Å². The van der Waals surface area contributed by atoms with Gasteiger partial charge in [-0.3, -0.25) is 0 Å². The van der Waals surface area contributed by atoms with E-state index in [1.807, 2.05) is 0 Å². The summed E-state index contributed by atoms with van der Waals surface area (Å²) in [5.41, 5.74) is 35.2. The van der Waals surface area contributed by atoms with Gasteiger partial charge in [-0.05, 0) is 249 Å². The molecule has 702 valence electrons. The first-order valence-corrected chi connectivity index (χ1v) is 51.6. The second-order valence-electron chi connectivity index (χ2n) is 43.6. The molecule has 2 aromatic heterocycles. The molecule has 0 saturated carbocycles. The minimum atomic E-state index is -0.373. The quantitative estimate of drug-likeness (QED) is 0.0796. The Morgan fingerprint density at radius 1 is 0.192 bits per heavy atom. The van der Waals surface area contributed by atoms with Gasteiger partial charge in [0.1, 0.15) is 0 Å². The van der Waals surface area contributed by atoms with E-state index >= 15 is 0 Å². The summed E-state index contributed by atoms with van der Waals surface area (Å²) >= 11 is 0. The summed E-state index contributed by atoms with van der Waals surface area (Å²) in [7, 11) is 0. The highest BCUT2D eigenvalue weighted by molar-refractivity contribution is 6.21. The third kappa shape index (κ3) is 15.7. The molecule has 4 nitrogen and oxygen atoms in total. The van der Waals surface area contributed by atoms with Crippen LogP contribution < -0.4 is 9.80 Å². The van der Waals surface area contributed by atoms with Crippen LogP contribution in [0, 0.1) is 0 Å². The summed E-state index contributed by atoms with van der Waals surface area (Å²) in [6.07, 6.45) is 0.773. The number of para-hydroxylation sites is 9. The average molecular weight is 1880 g/mol. The van der Waals surface area contributed by atoms with Crippen molar-refractivity contribution in [2.24, 2.45) is 0 Å². The SMILES string of the molecule is CC(C)(C)c1cc(-c2cccc3cccc(-c4ccccc4N(c4cccc(-c5cccc6c7ccc(CC(C)(C)c8cc(-c9cccc%10cccc(-c%11ccccc%11N(c%11ccccc%11-c%11cccc%12c%11ccc%11ccccc%11%12)c%11cccc%12c%13ccccc%13n(-c%13ccccc%13)c%11%12)c9%10)cc(C(C)(C)C)c8)cc7n(-c7ccccc7)c56)c4)c4ccccc4-c4cccc5c4ccc4ccccc45)c23)cc(C(C)(C)C)c1. The first-order valence-electron chi connectivity index (χ1n) is 51.6. The second kappa shape index (κ2) is 35.7. The number of fused-ring (bicyclic) bond motifs is 14. The van der Waals surface area contributed by atoms with Crippen LogP contribution in [0.3, 0.4) is 0 Å². The molecule has 0 spiro atoms. The van der Waals surface area contributed by atoms with Gasteiger partial charge in [0.2, 0.25) is 0 Å². The Labute approximate surface area is 855 Å². The van der Waals surface area contributed by atoms with Crippen LogP contribution in [0.25, 0.3) is 198 Å². The van der Waals surface area contributed by atoms with Crippen LogP contribution >= 0.6 is 0 Å². The lowest BCUT2D eigenvalue weighted by Gasteiger charge is -2.31. The fourth-order valence-corrected chi connectivity index (χ4v) is 23.6. The zero-order valence-electron chi connectivity index (χ0n) is 84.6. The fourth-order valence-electron chi connectivity index (χ4n) is 23.6. The first-order chi connectivity index (χ1) is 71.1. The van der Waals surface area contributed by atoms with E-state index in [1.54, 1.807) is 0 Å². The summed E-state index contributed by atoms with van der Waals surface area (Å²) in [5.74, 6) is 0. The molecule has 0 unspecified atom stereocenters. The zero-order chi connectivity index (χ0) is 99.0. The summed E-state index contributed by atoms with van der Waals surface area (Å²) in [5, 5.41) is 19.4. The highest BCUT2D eigenvalue weighted by Crippen LogP contribution is 2.56. The largest absolute Gasteiger partial charge is 0.309 e. The number of anilines is 6. The predicted octanol–water partition coefficient (Wildman–Crippen LogP) is 39.8. The molecule has 2 heterocycles. The minimum Gasteiger partial charge on any atom is -0.309 e. The molecule has 0 amide bonds. The zero-order valence-corrected chi connectivity index (χ0v) is 84.6. The highest BCUT2D eigenvalue weighted by Gasteiger charge is 2.33. The standard InChI is InChI=1S/C142H114N4/c1-139(2,3)100-84-98(85-101(89-100)140(4,5)6)109-60-33-43-95-45-35-67-124(135(95)109)120-57-24-28-72-129(120)143(128-71-27-22-55-118(128)114-65-38-63-112-107-53-20-18-41-93(107)78-81-116(112)114)106-52-32-47-97(88-106)111-62-37-69-126-123-80-77-92(83-134(123)145(137(111)126)105-50-16-13-17-51-105)91-142(10,11)103-87-99(86-102(90-103)141(7,8)9)110-61-34-44-96-46-36-68-125(136(96)110)121-58-25-31-75-132(121)146(133-76-40-70-127-122-59-26-29-73-130(122)144(138(127)133)104-48-14-12-15-49-104)131-74-30-23-56-119(131)115-66-39-64-113-108-54-21-19-42-94(108)79-82-117(113)115/h12-90H,91H2,1-11H3. The van der Waals surface area contributed by atoms with Crippen LogP contribution in [-0.2, 0) is 28.1 Å². The van der Waals surface area contributed by atoms with Crippen molar-refractivity contribution in [3.63, 3.8) is 0 Å². The molecule has 0 N–H and O–H groups in total. The molecule has 0 saturated heterocycles. The van der Waals surface area contributed by atoms with E-state index in [-0.39, 0.29) is 21.7 Å². The van der Waals surface area contributed by atoms with Gasteiger partial charge < -0.3 is 18.9 Å². The maximum atomic E-state index is 2.59. The Hall–Kier alpha value is -17.2. The molecule has 0 atom stereocenters. The Balaban J connectivity index is 0.629. The van der Waals surface area contributed by atoms with E-state index < -0.39 is 0 Å². The average Bonchev–Trinajstić information content (AvgIpc) is 1.51. The van der Waals surface area contributed by atoms with Gasteiger partial charge in [-0.15, -0.1) is 0 Å².